The van der Waals surface area contributed by atoms with Crippen molar-refractivity contribution in [1.29, 1.82) is 0 Å². The number of allylic oxidation sites excluding steroid dienone is 4. The number of ether oxygens (including phenoxy) is 1. The maximum Gasteiger partial charge on any atom is 0.332 e. The van der Waals surface area contributed by atoms with Crippen molar-refractivity contribution in [2.75, 3.05) is 6.61 Å². The zero-order chi connectivity index (χ0) is 17.2. The molecule has 0 spiro atoms. The SMILES string of the molecule is C/C(=C\CC/C(C)=C/CCc1ccoc1)CC#CC1=CC(=O)OC1. The smallest absolute Gasteiger partial charge is 0.332 e. The molecule has 0 radical (unpaired) electrons. The first-order chi connectivity index (χ1) is 11.6. The molecule has 0 saturated carbocycles. The van der Waals surface area contributed by atoms with Crippen LogP contribution in [0.4, 0.5) is 0 Å². The van der Waals surface area contributed by atoms with Crippen LogP contribution >= 0.6 is 0 Å². The monoisotopic (exact) mass is 324 g/mol. The number of hydrogen-bond donors (Lipinski definition) is 0. The fourth-order valence-corrected chi connectivity index (χ4v) is 2.38. The first-order valence-corrected chi connectivity index (χ1v) is 8.32. The van der Waals surface area contributed by atoms with Crippen LogP contribution in [0.2, 0.25) is 0 Å². The molecule has 2 rings (SSSR count). The Labute approximate surface area is 144 Å². The molecule has 0 atom stereocenters. The van der Waals surface area contributed by atoms with Gasteiger partial charge in [-0.15, -0.1) is 0 Å². The number of carbonyl (C=O) groups is 1. The molecule has 1 aliphatic heterocycles. The molecule has 0 saturated heterocycles. The first-order valence-electron chi connectivity index (χ1n) is 8.32. The van der Waals surface area contributed by atoms with E-state index in [1.807, 2.05) is 6.07 Å². The van der Waals surface area contributed by atoms with E-state index in [4.69, 9.17) is 9.15 Å². The molecule has 1 aromatic rings. The van der Waals surface area contributed by atoms with Gasteiger partial charge in [0.25, 0.3) is 0 Å². The van der Waals surface area contributed by atoms with E-state index in [1.165, 1.54) is 22.8 Å². The Bertz CT molecular complexity index is 691. The lowest BCUT2D eigenvalue weighted by Gasteiger charge is -2.00. The van der Waals surface area contributed by atoms with Gasteiger partial charge in [-0.2, -0.15) is 0 Å². The highest BCUT2D eigenvalue weighted by atomic mass is 16.5. The van der Waals surface area contributed by atoms with Gasteiger partial charge < -0.3 is 9.15 Å². The molecule has 0 bridgehead atoms. The van der Waals surface area contributed by atoms with Crippen LogP contribution in [-0.4, -0.2) is 12.6 Å². The highest BCUT2D eigenvalue weighted by Crippen LogP contribution is 2.11. The molecule has 1 aliphatic rings. The summed E-state index contributed by atoms with van der Waals surface area (Å²) in [5, 5.41) is 0. The van der Waals surface area contributed by atoms with Crippen LogP contribution in [0.3, 0.4) is 0 Å². The summed E-state index contributed by atoms with van der Waals surface area (Å²) in [6.45, 7) is 4.59. The van der Waals surface area contributed by atoms with Crippen molar-refractivity contribution in [2.24, 2.45) is 0 Å². The van der Waals surface area contributed by atoms with Crippen LogP contribution in [0, 0.1) is 11.8 Å². The van der Waals surface area contributed by atoms with E-state index in [9.17, 15) is 4.79 Å². The van der Waals surface area contributed by atoms with Crippen molar-refractivity contribution in [2.45, 2.75) is 46.0 Å². The number of carbonyl (C=O) groups excluding carboxylic acids is 1. The minimum Gasteiger partial charge on any atom is -0.472 e. The average molecular weight is 324 g/mol. The normalized spacial score (nSPS) is 14.9. The van der Waals surface area contributed by atoms with E-state index in [-0.39, 0.29) is 5.97 Å². The van der Waals surface area contributed by atoms with E-state index in [0.717, 1.165) is 37.7 Å². The number of hydrogen-bond acceptors (Lipinski definition) is 3. The molecule has 126 valence electrons. The Kier molecular flexibility index (Phi) is 7.17. The lowest BCUT2D eigenvalue weighted by molar-refractivity contribution is -0.134. The molecule has 3 heteroatoms. The second-order valence-corrected chi connectivity index (χ2v) is 6.07. The van der Waals surface area contributed by atoms with Gasteiger partial charge in [0, 0.05) is 18.1 Å². The van der Waals surface area contributed by atoms with Gasteiger partial charge in [-0.25, -0.2) is 4.79 Å². The van der Waals surface area contributed by atoms with Gasteiger partial charge in [0.05, 0.1) is 12.5 Å². The summed E-state index contributed by atoms with van der Waals surface area (Å²) in [5.74, 6) is 5.79. The Morgan fingerprint density at radius 3 is 2.79 bits per heavy atom. The van der Waals surface area contributed by atoms with Crippen molar-refractivity contribution in [1.82, 2.24) is 0 Å². The third kappa shape index (κ3) is 6.75. The van der Waals surface area contributed by atoms with Gasteiger partial charge in [0.1, 0.15) is 6.61 Å². The quantitative estimate of drug-likeness (QED) is 0.412. The number of esters is 1. The van der Waals surface area contributed by atoms with Crippen LogP contribution in [0.5, 0.6) is 0 Å². The predicted molar refractivity (Wildman–Crippen MR) is 95.2 cm³/mol. The third-order valence-electron chi connectivity index (χ3n) is 3.82. The van der Waals surface area contributed by atoms with Crippen molar-refractivity contribution < 1.29 is 13.9 Å². The second kappa shape index (κ2) is 9.62. The molecule has 0 aliphatic carbocycles. The van der Waals surface area contributed by atoms with Crippen LogP contribution in [0.15, 0.2) is 58.0 Å². The molecule has 0 N–H and O–H groups in total. The molecular formula is C21H24O3. The van der Waals surface area contributed by atoms with E-state index in [1.54, 1.807) is 12.5 Å². The maximum absolute atomic E-state index is 10.9. The summed E-state index contributed by atoms with van der Waals surface area (Å²) in [5.41, 5.74) is 4.70. The van der Waals surface area contributed by atoms with Crippen LogP contribution in [0.25, 0.3) is 0 Å². The molecule has 2 heterocycles. The standard InChI is InChI=1S/C21H24O3/c1-17(8-4-10-19-12-13-23-15-19)6-3-7-18(2)9-5-11-20-14-21(22)24-16-20/h7-8,12-15H,3-4,6,9-10,16H2,1-2H3/b17-8+,18-7+. The highest BCUT2D eigenvalue weighted by Gasteiger charge is 2.09. The Morgan fingerprint density at radius 2 is 2.08 bits per heavy atom. The van der Waals surface area contributed by atoms with Crippen LogP contribution in [0.1, 0.15) is 45.1 Å². The minimum absolute atomic E-state index is 0.290. The largest absolute Gasteiger partial charge is 0.472 e. The Balaban J connectivity index is 1.65. The van der Waals surface area contributed by atoms with Gasteiger partial charge >= 0.3 is 5.97 Å². The Morgan fingerprint density at radius 1 is 1.25 bits per heavy atom. The van der Waals surface area contributed by atoms with Crippen molar-refractivity contribution in [3.05, 3.63) is 59.1 Å². The number of cyclic esters (lactones) is 1. The Hall–Kier alpha value is -2.47. The summed E-state index contributed by atoms with van der Waals surface area (Å²) in [6.07, 6.45) is 14.5. The fraction of sp³-hybridized carbons (Fsp3) is 0.381. The van der Waals surface area contributed by atoms with E-state index in [2.05, 4.69) is 37.8 Å². The van der Waals surface area contributed by atoms with E-state index in [0.29, 0.717) is 6.61 Å². The zero-order valence-electron chi connectivity index (χ0n) is 14.4. The van der Waals surface area contributed by atoms with Gasteiger partial charge in [-0.05, 0) is 51.2 Å². The lowest BCUT2D eigenvalue weighted by atomic mass is 10.1. The molecule has 0 aromatic carbocycles. The molecule has 3 nitrogen and oxygen atoms in total. The highest BCUT2D eigenvalue weighted by molar-refractivity contribution is 5.86. The summed E-state index contributed by atoms with van der Waals surface area (Å²) in [4.78, 5) is 10.9. The second-order valence-electron chi connectivity index (χ2n) is 6.07. The third-order valence-corrected chi connectivity index (χ3v) is 3.82. The van der Waals surface area contributed by atoms with Gasteiger partial charge in [-0.3, -0.25) is 0 Å². The van der Waals surface area contributed by atoms with Crippen molar-refractivity contribution in [3.8, 4) is 11.8 Å². The average Bonchev–Trinajstić information content (AvgIpc) is 3.19. The molecule has 0 unspecified atom stereocenters. The molecule has 1 aromatic heterocycles. The van der Waals surface area contributed by atoms with Gasteiger partial charge in [-0.1, -0.05) is 35.1 Å². The van der Waals surface area contributed by atoms with Crippen molar-refractivity contribution >= 4 is 5.97 Å². The van der Waals surface area contributed by atoms with Crippen LogP contribution in [-0.2, 0) is 16.0 Å². The van der Waals surface area contributed by atoms with Crippen molar-refractivity contribution in [3.63, 3.8) is 0 Å². The van der Waals surface area contributed by atoms with Gasteiger partial charge in [0.2, 0.25) is 0 Å². The number of rotatable bonds is 7. The number of aryl methyl sites for hydroxylation is 1. The molecular weight excluding hydrogens is 300 g/mol. The van der Waals surface area contributed by atoms with E-state index >= 15 is 0 Å². The summed E-state index contributed by atoms with van der Waals surface area (Å²) in [7, 11) is 0. The van der Waals surface area contributed by atoms with Gasteiger partial charge in [0.15, 0.2) is 0 Å². The zero-order valence-corrected chi connectivity index (χ0v) is 14.4. The molecule has 0 fully saturated rings. The maximum atomic E-state index is 10.9. The molecule has 0 amide bonds. The van der Waals surface area contributed by atoms with E-state index < -0.39 is 0 Å². The number of furan rings is 1. The fourth-order valence-electron chi connectivity index (χ4n) is 2.38. The minimum atomic E-state index is -0.290. The topological polar surface area (TPSA) is 39.4 Å². The first kappa shape index (κ1) is 17.9. The molecule has 24 heavy (non-hydrogen) atoms. The van der Waals surface area contributed by atoms with Crippen LogP contribution < -0.4 is 0 Å². The summed E-state index contributed by atoms with van der Waals surface area (Å²) < 4.78 is 9.88. The summed E-state index contributed by atoms with van der Waals surface area (Å²) >= 11 is 0. The summed E-state index contributed by atoms with van der Waals surface area (Å²) in [6, 6.07) is 2.01. The lowest BCUT2D eigenvalue weighted by Crippen LogP contribution is -1.90. The predicted octanol–water partition coefficient (Wildman–Crippen LogP) is 4.76.